The van der Waals surface area contributed by atoms with E-state index in [9.17, 15) is 20.0 Å². The van der Waals surface area contributed by atoms with E-state index in [1.807, 2.05) is 66.7 Å². The van der Waals surface area contributed by atoms with Gasteiger partial charge < -0.3 is 19.3 Å². The molecule has 0 saturated heterocycles. The Labute approximate surface area is 208 Å². The molecule has 0 aromatic heterocycles. The first kappa shape index (κ1) is 24.7. The molecule has 1 N–H and O–H groups in total. The summed E-state index contributed by atoms with van der Waals surface area (Å²) in [5, 5.41) is 22.4. The number of aliphatic carboxylic acids is 1. The molecule has 0 amide bonds. The summed E-state index contributed by atoms with van der Waals surface area (Å²) in [7, 11) is 0. The van der Waals surface area contributed by atoms with Crippen LogP contribution in [-0.4, -0.2) is 21.7 Å². The number of carbonyl (C=O) groups is 1. The SMILES string of the molecule is O=C(O)C1=CC(OCc2ccccc2)=C(OCc2ccccc2)C(OCc2ccccc2)([N+](=O)[O-])C1. The molecule has 0 fully saturated rings. The van der Waals surface area contributed by atoms with Gasteiger partial charge in [0.15, 0.2) is 5.76 Å². The second-order valence-electron chi connectivity index (χ2n) is 8.21. The van der Waals surface area contributed by atoms with Crippen molar-refractivity contribution in [3.05, 3.63) is 141 Å². The third-order valence-corrected chi connectivity index (χ3v) is 5.67. The fraction of sp³-hybridized carbons (Fsp3) is 0.179. The number of carboxylic acids is 1. The van der Waals surface area contributed by atoms with Crippen LogP contribution < -0.4 is 0 Å². The lowest BCUT2D eigenvalue weighted by atomic mass is 9.93. The molecule has 0 heterocycles. The number of hydrogen-bond acceptors (Lipinski definition) is 6. The summed E-state index contributed by atoms with van der Waals surface area (Å²) in [5.74, 6) is -1.52. The van der Waals surface area contributed by atoms with Gasteiger partial charge in [0.05, 0.1) is 23.5 Å². The van der Waals surface area contributed by atoms with Crippen molar-refractivity contribution in [3.8, 4) is 0 Å². The zero-order valence-corrected chi connectivity index (χ0v) is 19.4. The summed E-state index contributed by atoms with van der Waals surface area (Å²) in [6.45, 7) is -0.0575. The Morgan fingerprint density at radius 2 is 1.28 bits per heavy atom. The molecule has 0 aliphatic heterocycles. The number of carboxylic acid groups (broad SMARTS) is 1. The van der Waals surface area contributed by atoms with Crippen molar-refractivity contribution in [3.63, 3.8) is 0 Å². The van der Waals surface area contributed by atoms with E-state index in [1.54, 1.807) is 24.3 Å². The van der Waals surface area contributed by atoms with Gasteiger partial charge in [-0.2, -0.15) is 0 Å². The molecule has 8 nitrogen and oxygen atoms in total. The highest BCUT2D eigenvalue weighted by Crippen LogP contribution is 2.40. The van der Waals surface area contributed by atoms with Crippen molar-refractivity contribution in [2.45, 2.75) is 32.0 Å². The first-order valence-corrected chi connectivity index (χ1v) is 11.3. The van der Waals surface area contributed by atoms with E-state index < -0.39 is 23.0 Å². The molecule has 36 heavy (non-hydrogen) atoms. The summed E-state index contributed by atoms with van der Waals surface area (Å²) >= 11 is 0. The molecule has 8 heteroatoms. The number of benzene rings is 3. The average molecular weight is 488 g/mol. The van der Waals surface area contributed by atoms with Gasteiger partial charge in [-0.25, -0.2) is 4.79 Å². The maximum absolute atomic E-state index is 12.6. The molecule has 0 radical (unpaired) electrons. The number of rotatable bonds is 11. The summed E-state index contributed by atoms with van der Waals surface area (Å²) in [5.41, 5.74) is -0.228. The maximum Gasteiger partial charge on any atom is 0.391 e. The monoisotopic (exact) mass is 487 g/mol. The van der Waals surface area contributed by atoms with Gasteiger partial charge >= 0.3 is 11.7 Å². The average Bonchev–Trinajstić information content (AvgIpc) is 2.91. The third-order valence-electron chi connectivity index (χ3n) is 5.67. The predicted molar refractivity (Wildman–Crippen MR) is 131 cm³/mol. The van der Waals surface area contributed by atoms with Crippen molar-refractivity contribution < 1.29 is 29.0 Å². The molecule has 1 aliphatic rings. The first-order chi connectivity index (χ1) is 17.5. The molecule has 0 spiro atoms. The summed E-state index contributed by atoms with van der Waals surface area (Å²) in [6.07, 6.45) is 0.754. The molecular weight excluding hydrogens is 462 g/mol. The normalized spacial score (nSPS) is 17.3. The highest BCUT2D eigenvalue weighted by atomic mass is 16.7. The van der Waals surface area contributed by atoms with Crippen LogP contribution >= 0.6 is 0 Å². The Bertz CT molecular complexity index is 1260. The number of nitrogens with zero attached hydrogens (tertiary/aromatic N) is 1. The molecule has 1 atom stereocenters. The quantitative estimate of drug-likeness (QED) is 0.224. The predicted octanol–water partition coefficient (Wildman–Crippen LogP) is 5.24. The molecule has 1 aliphatic carbocycles. The Kier molecular flexibility index (Phi) is 7.77. The Hall–Kier alpha value is -4.43. The first-order valence-electron chi connectivity index (χ1n) is 11.3. The van der Waals surface area contributed by atoms with Gasteiger partial charge in [0.1, 0.15) is 13.2 Å². The molecule has 0 bridgehead atoms. The molecule has 3 aromatic carbocycles. The van der Waals surface area contributed by atoms with Crippen LogP contribution in [0.4, 0.5) is 0 Å². The summed E-state index contributed by atoms with van der Waals surface area (Å²) in [6, 6.07) is 27.3. The third kappa shape index (κ3) is 5.79. The highest BCUT2D eigenvalue weighted by molar-refractivity contribution is 5.88. The van der Waals surface area contributed by atoms with E-state index in [0.29, 0.717) is 5.56 Å². The second-order valence-corrected chi connectivity index (χ2v) is 8.21. The van der Waals surface area contributed by atoms with Crippen LogP contribution in [0, 0.1) is 10.1 Å². The van der Waals surface area contributed by atoms with Crippen molar-refractivity contribution in [2.75, 3.05) is 0 Å². The summed E-state index contributed by atoms with van der Waals surface area (Å²) in [4.78, 5) is 23.9. The molecule has 3 aromatic rings. The van der Waals surface area contributed by atoms with Gasteiger partial charge in [-0.1, -0.05) is 91.0 Å². The van der Waals surface area contributed by atoms with Gasteiger partial charge in [0.2, 0.25) is 5.76 Å². The molecular formula is C28H25NO7. The zero-order valence-electron chi connectivity index (χ0n) is 19.4. The fourth-order valence-electron chi connectivity index (χ4n) is 3.79. The van der Waals surface area contributed by atoms with Crippen LogP contribution in [-0.2, 0) is 38.8 Å². The van der Waals surface area contributed by atoms with E-state index in [4.69, 9.17) is 14.2 Å². The highest BCUT2D eigenvalue weighted by Gasteiger charge is 2.56. The number of ether oxygens (including phenoxy) is 3. The van der Waals surface area contributed by atoms with Crippen molar-refractivity contribution in [1.29, 1.82) is 0 Å². The molecule has 4 rings (SSSR count). The minimum atomic E-state index is -2.29. The van der Waals surface area contributed by atoms with Gasteiger partial charge in [-0.05, 0) is 22.8 Å². The minimum Gasteiger partial charge on any atom is -0.485 e. The topological polar surface area (TPSA) is 108 Å². The fourth-order valence-corrected chi connectivity index (χ4v) is 3.79. The smallest absolute Gasteiger partial charge is 0.391 e. The second kappa shape index (κ2) is 11.3. The lowest BCUT2D eigenvalue weighted by Gasteiger charge is -2.31. The minimum absolute atomic E-state index is 0.00883. The molecule has 1 unspecified atom stereocenters. The van der Waals surface area contributed by atoms with Crippen LogP contribution in [0.5, 0.6) is 0 Å². The van der Waals surface area contributed by atoms with Crippen LogP contribution in [0.15, 0.2) is 114 Å². The number of hydrogen-bond donors (Lipinski definition) is 1. The Morgan fingerprint density at radius 1 is 0.806 bits per heavy atom. The van der Waals surface area contributed by atoms with E-state index in [2.05, 4.69) is 0 Å². The van der Waals surface area contributed by atoms with Crippen molar-refractivity contribution in [2.24, 2.45) is 0 Å². The van der Waals surface area contributed by atoms with Gasteiger partial charge in [-0.3, -0.25) is 10.1 Å². The van der Waals surface area contributed by atoms with Crippen LogP contribution in [0.2, 0.25) is 0 Å². The van der Waals surface area contributed by atoms with E-state index >= 15 is 0 Å². The van der Waals surface area contributed by atoms with Crippen molar-refractivity contribution >= 4 is 5.97 Å². The van der Waals surface area contributed by atoms with Gasteiger partial charge in [0, 0.05) is 0 Å². The number of nitro groups is 1. The van der Waals surface area contributed by atoms with Gasteiger partial charge in [-0.15, -0.1) is 0 Å². The van der Waals surface area contributed by atoms with E-state index in [-0.39, 0.29) is 36.9 Å². The largest absolute Gasteiger partial charge is 0.485 e. The van der Waals surface area contributed by atoms with E-state index in [1.165, 1.54) is 6.08 Å². The lowest BCUT2D eigenvalue weighted by molar-refractivity contribution is -0.624. The van der Waals surface area contributed by atoms with Crippen molar-refractivity contribution in [1.82, 2.24) is 0 Å². The Morgan fingerprint density at radius 3 is 1.75 bits per heavy atom. The molecule has 0 saturated carbocycles. The van der Waals surface area contributed by atoms with Crippen LogP contribution in [0.1, 0.15) is 23.1 Å². The maximum atomic E-state index is 12.6. The van der Waals surface area contributed by atoms with Crippen LogP contribution in [0.25, 0.3) is 0 Å². The zero-order chi connectivity index (χ0) is 25.4. The lowest BCUT2D eigenvalue weighted by Crippen LogP contribution is -2.47. The molecule has 184 valence electrons. The number of allylic oxidation sites excluding steroid dienone is 1. The van der Waals surface area contributed by atoms with Crippen LogP contribution in [0.3, 0.4) is 0 Å². The summed E-state index contributed by atoms with van der Waals surface area (Å²) < 4.78 is 17.9. The standard InChI is InChI=1S/C28H25NO7/c30-27(31)24-16-25(34-18-21-10-4-1-5-11-21)26(35-19-22-12-6-2-7-13-22)28(17-24,29(32)33)36-20-23-14-8-3-9-15-23/h1-16H,17-20H2,(H,30,31). The van der Waals surface area contributed by atoms with Gasteiger partial charge in [0.25, 0.3) is 0 Å². The Balaban J connectivity index is 1.75. The van der Waals surface area contributed by atoms with E-state index in [0.717, 1.165) is 11.1 Å².